The van der Waals surface area contributed by atoms with Crippen LogP contribution in [0.25, 0.3) is 0 Å². The number of fused-ring (bicyclic) bond motifs is 1. The van der Waals surface area contributed by atoms with Crippen molar-refractivity contribution in [3.63, 3.8) is 0 Å². The second kappa shape index (κ2) is 6.45. The first-order chi connectivity index (χ1) is 11.0. The van der Waals surface area contributed by atoms with E-state index in [1.54, 1.807) is 18.2 Å². The van der Waals surface area contributed by atoms with Crippen molar-refractivity contribution in [3.8, 4) is 5.75 Å². The summed E-state index contributed by atoms with van der Waals surface area (Å²) in [6.07, 6.45) is 4.88. The summed E-state index contributed by atoms with van der Waals surface area (Å²) in [6.45, 7) is -0.392. The molecule has 1 aliphatic heterocycles. The van der Waals surface area contributed by atoms with Gasteiger partial charge in [-0.3, -0.25) is 14.5 Å². The Bertz CT molecular complexity index is 692. The Morgan fingerprint density at radius 1 is 1.22 bits per heavy atom. The van der Waals surface area contributed by atoms with Crippen LogP contribution >= 0.6 is 27.5 Å². The topological polar surface area (TPSA) is 63.7 Å². The SMILES string of the molecule is O=C(CN1C(=O)C2CC=CCC2C1=O)Oc1ccc(Br)cc1Cl. The lowest BCUT2D eigenvalue weighted by molar-refractivity contribution is -0.148. The zero-order valence-electron chi connectivity index (χ0n) is 12.0. The molecule has 1 aromatic carbocycles. The van der Waals surface area contributed by atoms with Crippen LogP contribution in [0.4, 0.5) is 0 Å². The molecule has 7 heteroatoms. The number of carbonyl (C=O) groups is 3. The highest BCUT2D eigenvalue weighted by molar-refractivity contribution is 9.10. The van der Waals surface area contributed by atoms with Gasteiger partial charge in [-0.05, 0) is 31.0 Å². The molecule has 0 bridgehead atoms. The summed E-state index contributed by atoms with van der Waals surface area (Å²) < 4.78 is 5.91. The van der Waals surface area contributed by atoms with Crippen molar-refractivity contribution in [2.24, 2.45) is 11.8 Å². The summed E-state index contributed by atoms with van der Waals surface area (Å²) in [4.78, 5) is 37.6. The molecule has 120 valence electrons. The average molecular weight is 399 g/mol. The van der Waals surface area contributed by atoms with Crippen molar-refractivity contribution in [2.75, 3.05) is 6.54 Å². The standard InChI is InChI=1S/C16H13BrClNO4/c17-9-5-6-13(12(18)7-9)23-14(20)8-19-15(21)10-3-1-2-4-11(10)16(19)22/h1-2,5-7,10-11H,3-4,8H2. The summed E-state index contributed by atoms with van der Waals surface area (Å²) in [5, 5.41) is 0.268. The molecular formula is C16H13BrClNO4. The highest BCUT2D eigenvalue weighted by Crippen LogP contribution is 2.35. The molecule has 1 aliphatic carbocycles. The molecule has 2 aliphatic rings. The third-order valence-electron chi connectivity index (χ3n) is 4.00. The van der Waals surface area contributed by atoms with E-state index in [2.05, 4.69) is 15.9 Å². The number of hydrogen-bond acceptors (Lipinski definition) is 4. The van der Waals surface area contributed by atoms with E-state index in [9.17, 15) is 14.4 Å². The lowest BCUT2D eigenvalue weighted by Crippen LogP contribution is -2.37. The summed E-state index contributed by atoms with van der Waals surface area (Å²) >= 11 is 9.24. The van der Waals surface area contributed by atoms with E-state index in [1.165, 1.54) is 0 Å². The van der Waals surface area contributed by atoms with Crippen LogP contribution in [0.1, 0.15) is 12.8 Å². The number of rotatable bonds is 3. The molecule has 0 saturated carbocycles. The lowest BCUT2D eigenvalue weighted by atomic mass is 9.85. The second-order valence-corrected chi connectivity index (χ2v) is 6.79. The van der Waals surface area contributed by atoms with Gasteiger partial charge >= 0.3 is 5.97 Å². The molecule has 2 amide bonds. The zero-order chi connectivity index (χ0) is 16.6. The molecule has 1 aromatic rings. The third kappa shape index (κ3) is 3.19. The van der Waals surface area contributed by atoms with E-state index in [0.29, 0.717) is 12.8 Å². The van der Waals surface area contributed by atoms with Crippen LogP contribution in [0.5, 0.6) is 5.75 Å². The number of hydrogen-bond donors (Lipinski definition) is 0. The van der Waals surface area contributed by atoms with E-state index in [0.717, 1.165) is 9.37 Å². The van der Waals surface area contributed by atoms with Crippen LogP contribution in [-0.4, -0.2) is 29.2 Å². The smallest absolute Gasteiger partial charge is 0.331 e. The Labute approximate surface area is 146 Å². The van der Waals surface area contributed by atoms with Gasteiger partial charge in [-0.15, -0.1) is 0 Å². The van der Waals surface area contributed by atoms with E-state index in [4.69, 9.17) is 16.3 Å². The highest BCUT2D eigenvalue weighted by atomic mass is 79.9. The van der Waals surface area contributed by atoms with Crippen LogP contribution in [0.3, 0.4) is 0 Å². The minimum atomic E-state index is -0.692. The predicted octanol–water partition coefficient (Wildman–Crippen LogP) is 2.96. The fourth-order valence-electron chi connectivity index (χ4n) is 2.87. The van der Waals surface area contributed by atoms with Gasteiger partial charge in [0.05, 0.1) is 16.9 Å². The quantitative estimate of drug-likeness (QED) is 0.340. The Kier molecular flexibility index (Phi) is 4.55. The Hall–Kier alpha value is -1.66. The number of esters is 1. The fourth-order valence-corrected chi connectivity index (χ4v) is 3.58. The van der Waals surface area contributed by atoms with Crippen LogP contribution in [0, 0.1) is 11.8 Å². The van der Waals surface area contributed by atoms with Gasteiger partial charge in [0, 0.05) is 4.47 Å². The van der Waals surface area contributed by atoms with Crippen LogP contribution in [0.2, 0.25) is 5.02 Å². The van der Waals surface area contributed by atoms with Crippen molar-refractivity contribution in [1.82, 2.24) is 4.90 Å². The molecular weight excluding hydrogens is 386 g/mol. The lowest BCUT2D eigenvalue weighted by Gasteiger charge is -2.14. The van der Waals surface area contributed by atoms with Gasteiger partial charge in [-0.2, -0.15) is 0 Å². The normalized spacial score (nSPS) is 23.1. The van der Waals surface area contributed by atoms with Crippen molar-refractivity contribution >= 4 is 45.3 Å². The zero-order valence-corrected chi connectivity index (χ0v) is 14.3. The molecule has 23 heavy (non-hydrogen) atoms. The molecule has 1 fully saturated rings. The van der Waals surface area contributed by atoms with E-state index in [1.807, 2.05) is 12.2 Å². The van der Waals surface area contributed by atoms with Gasteiger partial charge in [-0.25, -0.2) is 4.79 Å². The number of nitrogens with zero attached hydrogens (tertiary/aromatic N) is 1. The predicted molar refractivity (Wildman–Crippen MR) is 86.9 cm³/mol. The average Bonchev–Trinajstić information content (AvgIpc) is 2.76. The largest absolute Gasteiger partial charge is 0.424 e. The molecule has 3 rings (SSSR count). The van der Waals surface area contributed by atoms with Crippen molar-refractivity contribution in [2.45, 2.75) is 12.8 Å². The van der Waals surface area contributed by atoms with E-state index in [-0.39, 0.29) is 34.4 Å². The Morgan fingerprint density at radius 2 is 1.83 bits per heavy atom. The second-order valence-electron chi connectivity index (χ2n) is 5.47. The molecule has 0 aromatic heterocycles. The Morgan fingerprint density at radius 3 is 2.39 bits per heavy atom. The van der Waals surface area contributed by atoms with Crippen molar-refractivity contribution in [1.29, 1.82) is 0 Å². The van der Waals surface area contributed by atoms with Crippen LogP contribution in [0.15, 0.2) is 34.8 Å². The maximum atomic E-state index is 12.3. The number of halogens is 2. The molecule has 5 nitrogen and oxygen atoms in total. The summed E-state index contributed by atoms with van der Waals surface area (Å²) in [5.74, 6) is -1.81. The molecule has 0 radical (unpaired) electrons. The van der Waals surface area contributed by atoms with Gasteiger partial charge in [-0.1, -0.05) is 39.7 Å². The molecule has 0 N–H and O–H groups in total. The summed E-state index contributed by atoms with van der Waals surface area (Å²) in [5.41, 5.74) is 0. The van der Waals surface area contributed by atoms with Gasteiger partial charge in [0.15, 0.2) is 0 Å². The third-order valence-corrected chi connectivity index (χ3v) is 4.79. The highest BCUT2D eigenvalue weighted by Gasteiger charge is 2.47. The number of likely N-dealkylation sites (tertiary alicyclic amines) is 1. The van der Waals surface area contributed by atoms with Crippen LogP contribution < -0.4 is 4.74 Å². The first kappa shape index (κ1) is 16.2. The van der Waals surface area contributed by atoms with Crippen LogP contribution in [-0.2, 0) is 14.4 Å². The first-order valence-electron chi connectivity index (χ1n) is 7.13. The van der Waals surface area contributed by atoms with Gasteiger partial charge < -0.3 is 4.74 Å². The molecule has 1 saturated heterocycles. The monoisotopic (exact) mass is 397 g/mol. The minimum absolute atomic E-state index is 0.193. The van der Waals surface area contributed by atoms with Crippen molar-refractivity contribution in [3.05, 3.63) is 39.8 Å². The number of benzene rings is 1. The molecule has 2 atom stereocenters. The maximum absolute atomic E-state index is 12.3. The number of allylic oxidation sites excluding steroid dienone is 2. The number of amides is 2. The van der Waals surface area contributed by atoms with Gasteiger partial charge in [0.25, 0.3) is 0 Å². The summed E-state index contributed by atoms with van der Waals surface area (Å²) in [7, 11) is 0. The molecule has 0 spiro atoms. The minimum Gasteiger partial charge on any atom is -0.424 e. The van der Waals surface area contributed by atoms with E-state index >= 15 is 0 Å². The fraction of sp³-hybridized carbons (Fsp3) is 0.312. The van der Waals surface area contributed by atoms with E-state index < -0.39 is 12.5 Å². The number of imide groups is 1. The molecule has 1 heterocycles. The Balaban J connectivity index is 1.68. The van der Waals surface area contributed by atoms with Gasteiger partial charge in [0.1, 0.15) is 12.3 Å². The first-order valence-corrected chi connectivity index (χ1v) is 8.30. The molecule has 2 unspecified atom stereocenters. The van der Waals surface area contributed by atoms with Crippen molar-refractivity contribution < 1.29 is 19.1 Å². The van der Waals surface area contributed by atoms with Gasteiger partial charge in [0.2, 0.25) is 11.8 Å². The number of carbonyl (C=O) groups excluding carboxylic acids is 3. The maximum Gasteiger partial charge on any atom is 0.331 e. The number of ether oxygens (including phenoxy) is 1. The summed E-state index contributed by atoms with van der Waals surface area (Å²) in [6, 6.07) is 4.82.